The fourth-order valence-corrected chi connectivity index (χ4v) is 3.09. The summed E-state index contributed by atoms with van der Waals surface area (Å²) in [5, 5.41) is 6.77. The van der Waals surface area contributed by atoms with Crippen LogP contribution in [0.25, 0.3) is 0 Å². The van der Waals surface area contributed by atoms with Crippen molar-refractivity contribution in [3.63, 3.8) is 0 Å². The van der Waals surface area contributed by atoms with Gasteiger partial charge < -0.3 is 5.32 Å². The first-order valence-corrected chi connectivity index (χ1v) is 8.13. The lowest BCUT2D eigenvalue weighted by molar-refractivity contribution is 1.05. The molecule has 0 radical (unpaired) electrons. The van der Waals surface area contributed by atoms with Crippen LogP contribution in [0.1, 0.15) is 23.2 Å². The highest BCUT2D eigenvalue weighted by Crippen LogP contribution is 2.17. The molecule has 18 heavy (non-hydrogen) atoms. The van der Waals surface area contributed by atoms with Crippen LogP contribution in [0.4, 0.5) is 5.69 Å². The summed E-state index contributed by atoms with van der Waals surface area (Å²) in [5.74, 6) is 2.18. The van der Waals surface area contributed by atoms with Gasteiger partial charge in [-0.2, -0.15) is 11.8 Å². The maximum atomic E-state index is 4.62. The lowest BCUT2D eigenvalue weighted by Gasteiger charge is -2.04. The number of thioether (sulfide) groups is 1. The van der Waals surface area contributed by atoms with Crippen molar-refractivity contribution in [3.05, 3.63) is 45.9 Å². The molecule has 2 nitrogen and oxygen atoms in total. The summed E-state index contributed by atoms with van der Waals surface area (Å²) in [6.45, 7) is 5.08. The average Bonchev–Trinajstić information content (AvgIpc) is 2.84. The van der Waals surface area contributed by atoms with E-state index >= 15 is 0 Å². The van der Waals surface area contributed by atoms with Crippen molar-refractivity contribution in [1.82, 2.24) is 4.98 Å². The summed E-state index contributed by atoms with van der Waals surface area (Å²) in [6.07, 6.45) is 0. The van der Waals surface area contributed by atoms with E-state index in [4.69, 9.17) is 0 Å². The summed E-state index contributed by atoms with van der Waals surface area (Å²) in [4.78, 5) is 4.62. The molecule has 2 rings (SSSR count). The van der Waals surface area contributed by atoms with Crippen LogP contribution in [-0.4, -0.2) is 10.7 Å². The average molecular weight is 278 g/mol. The zero-order chi connectivity index (χ0) is 12.8. The largest absolute Gasteiger partial charge is 0.379 e. The first-order chi connectivity index (χ1) is 8.78. The van der Waals surface area contributed by atoms with Gasteiger partial charge in [-0.3, -0.25) is 0 Å². The molecular formula is C14H18N2S2. The predicted molar refractivity (Wildman–Crippen MR) is 82.5 cm³/mol. The van der Waals surface area contributed by atoms with Gasteiger partial charge in [-0.15, -0.1) is 11.3 Å². The van der Waals surface area contributed by atoms with Gasteiger partial charge in [0.2, 0.25) is 0 Å². The lowest BCUT2D eigenvalue weighted by atomic mass is 10.2. The second-order valence-electron chi connectivity index (χ2n) is 4.09. The monoisotopic (exact) mass is 278 g/mol. The van der Waals surface area contributed by atoms with E-state index in [1.807, 2.05) is 11.8 Å². The Kier molecular flexibility index (Phi) is 5.08. The fraction of sp³-hybridized carbons (Fsp3) is 0.357. The Morgan fingerprint density at radius 2 is 2.06 bits per heavy atom. The van der Waals surface area contributed by atoms with Crippen molar-refractivity contribution in [2.24, 2.45) is 0 Å². The van der Waals surface area contributed by atoms with E-state index in [1.165, 1.54) is 10.6 Å². The van der Waals surface area contributed by atoms with E-state index in [9.17, 15) is 0 Å². The summed E-state index contributed by atoms with van der Waals surface area (Å²) in [5.41, 5.74) is 3.57. The van der Waals surface area contributed by atoms with Gasteiger partial charge in [-0.1, -0.05) is 24.6 Å². The summed E-state index contributed by atoms with van der Waals surface area (Å²) < 4.78 is 0. The zero-order valence-corrected chi connectivity index (χ0v) is 12.4. The molecule has 0 aliphatic rings. The zero-order valence-electron chi connectivity index (χ0n) is 10.8. The smallest absolute Gasteiger partial charge is 0.103 e. The molecule has 1 heterocycles. The second kappa shape index (κ2) is 6.81. The molecule has 0 unspecified atom stereocenters. The van der Waals surface area contributed by atoms with E-state index in [2.05, 4.69) is 53.8 Å². The van der Waals surface area contributed by atoms with E-state index in [1.54, 1.807) is 11.3 Å². The SMILES string of the molecule is CCSCc1nc(CNc2ccc(C)cc2)cs1. The molecule has 1 aromatic heterocycles. The van der Waals surface area contributed by atoms with E-state index in [0.717, 1.165) is 29.4 Å². The van der Waals surface area contributed by atoms with Gasteiger partial charge in [-0.25, -0.2) is 4.98 Å². The van der Waals surface area contributed by atoms with Crippen molar-refractivity contribution >= 4 is 28.8 Å². The van der Waals surface area contributed by atoms with Crippen LogP contribution < -0.4 is 5.32 Å². The Labute approximate surface area is 117 Å². The number of hydrogen-bond donors (Lipinski definition) is 1. The summed E-state index contributed by atoms with van der Waals surface area (Å²) in [7, 11) is 0. The topological polar surface area (TPSA) is 24.9 Å². The van der Waals surface area contributed by atoms with Crippen LogP contribution >= 0.6 is 23.1 Å². The normalized spacial score (nSPS) is 10.6. The van der Waals surface area contributed by atoms with Crippen LogP contribution in [0, 0.1) is 6.92 Å². The van der Waals surface area contributed by atoms with Gasteiger partial charge in [0.25, 0.3) is 0 Å². The van der Waals surface area contributed by atoms with Crippen LogP contribution in [0.15, 0.2) is 29.6 Å². The highest BCUT2D eigenvalue weighted by molar-refractivity contribution is 7.98. The van der Waals surface area contributed by atoms with Gasteiger partial charge >= 0.3 is 0 Å². The quantitative estimate of drug-likeness (QED) is 0.852. The third kappa shape index (κ3) is 4.03. The Morgan fingerprint density at radius 3 is 2.78 bits per heavy atom. The fourth-order valence-electron chi connectivity index (χ4n) is 1.55. The number of benzene rings is 1. The standard InChI is InChI=1S/C14H18N2S2/c1-3-17-10-14-16-13(9-18-14)8-15-12-6-4-11(2)5-7-12/h4-7,9,15H,3,8,10H2,1-2H3. The lowest BCUT2D eigenvalue weighted by Crippen LogP contribution is -1.99. The minimum absolute atomic E-state index is 0.802. The number of nitrogens with one attached hydrogen (secondary N) is 1. The number of aryl methyl sites for hydroxylation is 1. The third-order valence-electron chi connectivity index (χ3n) is 2.55. The third-order valence-corrected chi connectivity index (χ3v) is 4.52. The van der Waals surface area contributed by atoms with Crippen molar-refractivity contribution in [2.45, 2.75) is 26.1 Å². The maximum absolute atomic E-state index is 4.62. The van der Waals surface area contributed by atoms with Crippen LogP contribution in [0.2, 0.25) is 0 Å². The number of nitrogens with zero attached hydrogens (tertiary/aromatic N) is 1. The van der Waals surface area contributed by atoms with Gasteiger partial charge in [0.15, 0.2) is 0 Å². The number of thiazole rings is 1. The molecule has 0 saturated carbocycles. The Bertz CT molecular complexity index is 477. The highest BCUT2D eigenvalue weighted by Gasteiger charge is 2.01. The Balaban J connectivity index is 1.86. The first kappa shape index (κ1) is 13.4. The predicted octanol–water partition coefficient (Wildman–Crippen LogP) is 4.32. The van der Waals surface area contributed by atoms with Gasteiger partial charge in [0.05, 0.1) is 12.2 Å². The van der Waals surface area contributed by atoms with Gasteiger partial charge in [0, 0.05) is 16.8 Å². The van der Waals surface area contributed by atoms with Gasteiger partial charge in [-0.05, 0) is 24.8 Å². The molecule has 0 bridgehead atoms. The van der Waals surface area contributed by atoms with Crippen molar-refractivity contribution in [2.75, 3.05) is 11.1 Å². The molecule has 0 aliphatic heterocycles. The highest BCUT2D eigenvalue weighted by atomic mass is 32.2. The Hall–Kier alpha value is -1.00. The van der Waals surface area contributed by atoms with Crippen molar-refractivity contribution in [3.8, 4) is 0 Å². The van der Waals surface area contributed by atoms with E-state index in [0.29, 0.717) is 0 Å². The van der Waals surface area contributed by atoms with Crippen LogP contribution in [0.3, 0.4) is 0 Å². The molecule has 0 amide bonds. The minimum atomic E-state index is 0.802. The number of aromatic nitrogens is 1. The molecule has 96 valence electrons. The molecule has 0 aliphatic carbocycles. The molecule has 0 spiro atoms. The summed E-state index contributed by atoms with van der Waals surface area (Å²) in [6, 6.07) is 8.45. The first-order valence-electron chi connectivity index (χ1n) is 6.09. The maximum Gasteiger partial charge on any atom is 0.103 e. The number of anilines is 1. The molecule has 2 aromatic rings. The Morgan fingerprint density at radius 1 is 1.28 bits per heavy atom. The van der Waals surface area contributed by atoms with E-state index < -0.39 is 0 Å². The molecule has 0 fully saturated rings. The van der Waals surface area contributed by atoms with E-state index in [-0.39, 0.29) is 0 Å². The molecule has 1 aromatic carbocycles. The molecular weight excluding hydrogens is 260 g/mol. The molecule has 1 N–H and O–H groups in total. The number of hydrogen-bond acceptors (Lipinski definition) is 4. The van der Waals surface area contributed by atoms with Crippen LogP contribution in [-0.2, 0) is 12.3 Å². The van der Waals surface area contributed by atoms with Crippen LogP contribution in [0.5, 0.6) is 0 Å². The minimum Gasteiger partial charge on any atom is -0.379 e. The van der Waals surface area contributed by atoms with Gasteiger partial charge in [0.1, 0.15) is 5.01 Å². The van der Waals surface area contributed by atoms with Crippen molar-refractivity contribution in [1.29, 1.82) is 0 Å². The second-order valence-corrected chi connectivity index (χ2v) is 6.31. The summed E-state index contributed by atoms with van der Waals surface area (Å²) >= 11 is 3.67. The molecule has 4 heteroatoms. The van der Waals surface area contributed by atoms with Crippen molar-refractivity contribution < 1.29 is 0 Å². The number of rotatable bonds is 6. The molecule has 0 saturated heterocycles. The molecule has 0 atom stereocenters.